The second-order valence-electron chi connectivity index (χ2n) is 6.10. The monoisotopic (exact) mass is 274 g/mol. The van der Waals surface area contributed by atoms with Crippen molar-refractivity contribution < 1.29 is 4.74 Å². The predicted octanol–water partition coefficient (Wildman–Crippen LogP) is 2.41. The van der Waals surface area contributed by atoms with Crippen molar-refractivity contribution in [2.24, 2.45) is 5.92 Å². The molecule has 0 N–H and O–H groups in total. The molecule has 0 unspecified atom stereocenters. The molecule has 2 heterocycles. The summed E-state index contributed by atoms with van der Waals surface area (Å²) in [5.74, 6) is 0.861. The highest BCUT2D eigenvalue weighted by Gasteiger charge is 2.24. The molecule has 0 saturated carbocycles. The van der Waals surface area contributed by atoms with Gasteiger partial charge < -0.3 is 14.5 Å². The molecule has 2 aliphatic heterocycles. The Morgan fingerprint density at radius 2 is 1.95 bits per heavy atom. The van der Waals surface area contributed by atoms with Crippen LogP contribution in [0.25, 0.3) is 0 Å². The van der Waals surface area contributed by atoms with Crippen molar-refractivity contribution in [2.75, 3.05) is 51.3 Å². The van der Waals surface area contributed by atoms with E-state index in [2.05, 4.69) is 34.1 Å². The maximum absolute atomic E-state index is 5.17. The molecule has 0 aliphatic carbocycles. The number of piperidine rings is 1. The smallest absolute Gasteiger partial charge is 0.0589 e. The third-order valence-electron chi connectivity index (χ3n) is 4.78. The molecule has 0 bridgehead atoms. The van der Waals surface area contributed by atoms with Gasteiger partial charge in [0, 0.05) is 32.4 Å². The number of rotatable bonds is 5. The summed E-state index contributed by atoms with van der Waals surface area (Å²) in [5.41, 5.74) is 3.01. The Morgan fingerprint density at radius 3 is 2.75 bits per heavy atom. The first-order valence-corrected chi connectivity index (χ1v) is 7.91. The van der Waals surface area contributed by atoms with Gasteiger partial charge in [-0.15, -0.1) is 0 Å². The first-order valence-electron chi connectivity index (χ1n) is 7.91. The predicted molar refractivity (Wildman–Crippen MR) is 83.4 cm³/mol. The second kappa shape index (κ2) is 6.59. The summed E-state index contributed by atoms with van der Waals surface area (Å²) in [7, 11) is 1.79. The standard InChI is InChI=1S/C17H26N2O/c1-20-13-12-18-9-6-15(7-10-18)14-19-11-8-16-4-2-3-5-17(16)19/h2-5,15H,6-14H2,1H3. The highest BCUT2D eigenvalue weighted by atomic mass is 16.5. The van der Waals surface area contributed by atoms with Crippen molar-refractivity contribution in [2.45, 2.75) is 19.3 Å². The van der Waals surface area contributed by atoms with E-state index in [1.165, 1.54) is 56.7 Å². The molecule has 2 aliphatic rings. The van der Waals surface area contributed by atoms with Gasteiger partial charge >= 0.3 is 0 Å². The van der Waals surface area contributed by atoms with E-state index < -0.39 is 0 Å². The fourth-order valence-corrected chi connectivity index (χ4v) is 3.52. The minimum absolute atomic E-state index is 0.861. The first-order chi connectivity index (χ1) is 9.86. The van der Waals surface area contributed by atoms with E-state index in [1.54, 1.807) is 7.11 Å². The number of likely N-dealkylation sites (tertiary alicyclic amines) is 1. The first kappa shape index (κ1) is 13.9. The lowest BCUT2D eigenvalue weighted by molar-refractivity contribution is 0.121. The van der Waals surface area contributed by atoms with E-state index in [-0.39, 0.29) is 0 Å². The van der Waals surface area contributed by atoms with Crippen LogP contribution in [-0.4, -0.2) is 51.3 Å². The van der Waals surface area contributed by atoms with Crippen molar-refractivity contribution in [1.82, 2.24) is 4.90 Å². The summed E-state index contributed by atoms with van der Waals surface area (Å²) in [5, 5.41) is 0. The Hall–Kier alpha value is -1.06. The van der Waals surface area contributed by atoms with Crippen LogP contribution < -0.4 is 4.90 Å². The van der Waals surface area contributed by atoms with Gasteiger partial charge in [0.05, 0.1) is 6.61 Å². The number of ether oxygens (including phenoxy) is 1. The molecule has 20 heavy (non-hydrogen) atoms. The molecule has 0 radical (unpaired) electrons. The zero-order chi connectivity index (χ0) is 13.8. The minimum Gasteiger partial charge on any atom is -0.383 e. The van der Waals surface area contributed by atoms with Crippen molar-refractivity contribution in [3.8, 4) is 0 Å². The Bertz CT molecular complexity index is 427. The SMILES string of the molecule is COCCN1CCC(CN2CCc3ccccc32)CC1. The van der Waals surface area contributed by atoms with Crippen LogP contribution in [0.2, 0.25) is 0 Å². The molecule has 110 valence electrons. The molecule has 3 nitrogen and oxygen atoms in total. The molecule has 0 aromatic heterocycles. The molecule has 1 fully saturated rings. The van der Waals surface area contributed by atoms with Crippen LogP contribution in [0.15, 0.2) is 24.3 Å². The molecule has 1 saturated heterocycles. The molecule has 3 heteroatoms. The third kappa shape index (κ3) is 3.15. The minimum atomic E-state index is 0.861. The summed E-state index contributed by atoms with van der Waals surface area (Å²) < 4.78 is 5.17. The lowest BCUT2D eigenvalue weighted by Crippen LogP contribution is -2.39. The molecule has 0 amide bonds. The van der Waals surface area contributed by atoms with Crippen molar-refractivity contribution in [1.29, 1.82) is 0 Å². The lowest BCUT2D eigenvalue weighted by Gasteiger charge is -2.34. The fraction of sp³-hybridized carbons (Fsp3) is 0.647. The van der Waals surface area contributed by atoms with Crippen LogP contribution in [0.4, 0.5) is 5.69 Å². The average molecular weight is 274 g/mol. The lowest BCUT2D eigenvalue weighted by atomic mass is 9.96. The van der Waals surface area contributed by atoms with Crippen LogP contribution >= 0.6 is 0 Å². The topological polar surface area (TPSA) is 15.7 Å². The van der Waals surface area contributed by atoms with Crippen LogP contribution in [0, 0.1) is 5.92 Å². The number of hydrogen-bond donors (Lipinski definition) is 0. The number of fused-ring (bicyclic) bond motifs is 1. The summed E-state index contributed by atoms with van der Waals surface area (Å²) in [4.78, 5) is 5.14. The molecule has 1 aromatic rings. The van der Waals surface area contributed by atoms with E-state index in [0.29, 0.717) is 0 Å². The van der Waals surface area contributed by atoms with Crippen LogP contribution in [0.5, 0.6) is 0 Å². The number of nitrogens with zero attached hydrogens (tertiary/aromatic N) is 2. The van der Waals surface area contributed by atoms with Gasteiger partial charge in [-0.3, -0.25) is 0 Å². The Labute approximate surface area is 122 Å². The van der Waals surface area contributed by atoms with Crippen LogP contribution in [-0.2, 0) is 11.2 Å². The zero-order valence-corrected chi connectivity index (χ0v) is 12.6. The van der Waals surface area contributed by atoms with Gasteiger partial charge in [-0.2, -0.15) is 0 Å². The normalized spacial score (nSPS) is 20.4. The number of anilines is 1. The highest BCUT2D eigenvalue weighted by Crippen LogP contribution is 2.29. The summed E-state index contributed by atoms with van der Waals surface area (Å²) in [6.07, 6.45) is 3.90. The van der Waals surface area contributed by atoms with Gasteiger partial charge in [0.1, 0.15) is 0 Å². The van der Waals surface area contributed by atoms with E-state index in [4.69, 9.17) is 4.74 Å². The highest BCUT2D eigenvalue weighted by molar-refractivity contribution is 5.57. The Kier molecular flexibility index (Phi) is 4.58. The zero-order valence-electron chi connectivity index (χ0n) is 12.6. The number of hydrogen-bond acceptors (Lipinski definition) is 3. The van der Waals surface area contributed by atoms with E-state index in [0.717, 1.165) is 19.1 Å². The molecule has 0 spiro atoms. The third-order valence-corrected chi connectivity index (χ3v) is 4.78. The number of methoxy groups -OCH3 is 1. The largest absolute Gasteiger partial charge is 0.383 e. The van der Waals surface area contributed by atoms with Gasteiger partial charge in [0.25, 0.3) is 0 Å². The quantitative estimate of drug-likeness (QED) is 0.820. The van der Waals surface area contributed by atoms with Crippen molar-refractivity contribution >= 4 is 5.69 Å². The van der Waals surface area contributed by atoms with Gasteiger partial charge in [-0.25, -0.2) is 0 Å². The van der Waals surface area contributed by atoms with E-state index in [9.17, 15) is 0 Å². The summed E-state index contributed by atoms with van der Waals surface area (Å²) in [6, 6.07) is 8.90. The van der Waals surface area contributed by atoms with Gasteiger partial charge in [0.2, 0.25) is 0 Å². The number of benzene rings is 1. The molecular formula is C17H26N2O. The van der Waals surface area contributed by atoms with Crippen molar-refractivity contribution in [3.63, 3.8) is 0 Å². The summed E-state index contributed by atoms with van der Waals surface area (Å²) in [6.45, 7) is 6.89. The average Bonchev–Trinajstić information content (AvgIpc) is 2.90. The molecule has 0 atom stereocenters. The second-order valence-corrected chi connectivity index (χ2v) is 6.10. The molecule has 1 aromatic carbocycles. The van der Waals surface area contributed by atoms with Gasteiger partial charge in [-0.05, 0) is 49.9 Å². The Morgan fingerprint density at radius 1 is 1.15 bits per heavy atom. The van der Waals surface area contributed by atoms with Crippen LogP contribution in [0.1, 0.15) is 18.4 Å². The van der Waals surface area contributed by atoms with Gasteiger partial charge in [0.15, 0.2) is 0 Å². The molecular weight excluding hydrogens is 248 g/mol. The number of para-hydroxylation sites is 1. The Balaban J connectivity index is 1.49. The maximum Gasteiger partial charge on any atom is 0.0589 e. The maximum atomic E-state index is 5.17. The summed E-state index contributed by atoms with van der Waals surface area (Å²) >= 11 is 0. The van der Waals surface area contributed by atoms with E-state index >= 15 is 0 Å². The van der Waals surface area contributed by atoms with Gasteiger partial charge in [-0.1, -0.05) is 18.2 Å². The van der Waals surface area contributed by atoms with Crippen LogP contribution in [0.3, 0.4) is 0 Å². The fourth-order valence-electron chi connectivity index (χ4n) is 3.52. The molecule has 3 rings (SSSR count). The van der Waals surface area contributed by atoms with E-state index in [1.807, 2.05) is 0 Å². The van der Waals surface area contributed by atoms with Crippen molar-refractivity contribution in [3.05, 3.63) is 29.8 Å².